The number of hydrogen-bond donors (Lipinski definition) is 0. The second-order valence-corrected chi connectivity index (χ2v) is 7.88. The maximum atomic E-state index is 12.9. The molecular formula is C16H19NO3S. The van der Waals surface area contributed by atoms with Gasteiger partial charge in [0.25, 0.3) is 10.0 Å². The van der Waals surface area contributed by atoms with Crippen LogP contribution in [-0.4, -0.2) is 24.5 Å². The minimum absolute atomic E-state index is 0.0439. The van der Waals surface area contributed by atoms with Gasteiger partial charge in [-0.3, -0.25) is 9.10 Å². The van der Waals surface area contributed by atoms with E-state index in [1.807, 2.05) is 20.8 Å². The minimum Gasteiger partial charge on any atom is -0.292 e. The zero-order chi connectivity index (χ0) is 15.4. The highest BCUT2D eigenvalue weighted by Gasteiger charge is 2.45. The summed E-state index contributed by atoms with van der Waals surface area (Å²) in [6.45, 7) is 5.77. The molecule has 1 aromatic rings. The molecule has 0 radical (unpaired) electrons. The second-order valence-electron chi connectivity index (χ2n) is 6.07. The third kappa shape index (κ3) is 2.11. The Hall–Kier alpha value is -1.62. The van der Waals surface area contributed by atoms with E-state index in [1.54, 1.807) is 24.3 Å². The van der Waals surface area contributed by atoms with E-state index in [4.69, 9.17) is 0 Å². The number of Topliss-reactive ketones (excluding diaryl/α,β-unsaturated/α-hetero) is 1. The van der Waals surface area contributed by atoms with Crippen LogP contribution in [0.1, 0.15) is 32.3 Å². The lowest BCUT2D eigenvalue weighted by atomic mass is 10.00. The number of allylic oxidation sites excluding steroid dienone is 1. The predicted octanol–water partition coefficient (Wildman–Crippen LogP) is 2.64. The van der Waals surface area contributed by atoms with Crippen molar-refractivity contribution >= 4 is 15.8 Å². The summed E-state index contributed by atoms with van der Waals surface area (Å²) in [7, 11) is -3.66. The van der Waals surface area contributed by atoms with Crippen molar-refractivity contribution in [2.45, 2.75) is 44.6 Å². The second kappa shape index (κ2) is 4.70. The summed E-state index contributed by atoms with van der Waals surface area (Å²) >= 11 is 0. The van der Waals surface area contributed by atoms with E-state index in [2.05, 4.69) is 0 Å². The van der Waals surface area contributed by atoms with Crippen molar-refractivity contribution in [2.24, 2.45) is 5.92 Å². The summed E-state index contributed by atoms with van der Waals surface area (Å²) in [5, 5.41) is 0. The highest BCUT2D eigenvalue weighted by molar-refractivity contribution is 7.89. The summed E-state index contributed by atoms with van der Waals surface area (Å²) in [5.41, 5.74) is 2.44. The standard InChI is InChI=1S/C16H19NO3S/c1-10-4-6-13(7-5-10)21(19,20)17-12(3)9-14-11(2)8-15(18)16(14)17/h4-7,11-12H,8-9H2,1-3H3/t11-,12-/m0/s1. The van der Waals surface area contributed by atoms with Gasteiger partial charge in [-0.1, -0.05) is 24.6 Å². The fourth-order valence-electron chi connectivity index (χ4n) is 3.28. The molecule has 0 saturated heterocycles. The van der Waals surface area contributed by atoms with E-state index in [1.165, 1.54) is 4.31 Å². The van der Waals surface area contributed by atoms with Crippen LogP contribution in [0, 0.1) is 12.8 Å². The molecule has 1 aliphatic heterocycles. The van der Waals surface area contributed by atoms with Gasteiger partial charge in [0, 0.05) is 12.5 Å². The number of nitrogens with zero attached hydrogens (tertiary/aromatic N) is 1. The van der Waals surface area contributed by atoms with Gasteiger partial charge in [0.05, 0.1) is 10.6 Å². The van der Waals surface area contributed by atoms with Crippen LogP contribution in [0.4, 0.5) is 0 Å². The van der Waals surface area contributed by atoms with Gasteiger partial charge in [-0.15, -0.1) is 0 Å². The molecule has 1 aromatic carbocycles. The van der Waals surface area contributed by atoms with Gasteiger partial charge in [-0.2, -0.15) is 0 Å². The molecule has 2 atom stereocenters. The van der Waals surface area contributed by atoms with Crippen molar-refractivity contribution in [3.05, 3.63) is 41.1 Å². The number of benzene rings is 1. The van der Waals surface area contributed by atoms with Crippen LogP contribution in [0.5, 0.6) is 0 Å². The third-order valence-corrected chi connectivity index (χ3v) is 6.30. The fourth-order valence-corrected chi connectivity index (χ4v) is 4.99. The summed E-state index contributed by atoms with van der Waals surface area (Å²) in [4.78, 5) is 12.4. The Kier molecular flexibility index (Phi) is 3.20. The molecule has 5 heteroatoms. The van der Waals surface area contributed by atoms with E-state index in [9.17, 15) is 13.2 Å². The van der Waals surface area contributed by atoms with E-state index in [0.29, 0.717) is 18.5 Å². The SMILES string of the molecule is Cc1ccc(S(=O)(=O)N2C3=C(C[C@@H]2C)[C@@H](C)CC3=O)cc1. The summed E-state index contributed by atoms with van der Waals surface area (Å²) in [6, 6.07) is 6.59. The predicted molar refractivity (Wildman–Crippen MR) is 80.1 cm³/mol. The number of carbonyl (C=O) groups excluding carboxylic acids is 1. The lowest BCUT2D eigenvalue weighted by Gasteiger charge is -2.26. The Morgan fingerprint density at radius 1 is 1.10 bits per heavy atom. The van der Waals surface area contributed by atoms with Crippen molar-refractivity contribution in [3.8, 4) is 0 Å². The first-order valence-corrected chi connectivity index (χ1v) is 8.63. The van der Waals surface area contributed by atoms with E-state index >= 15 is 0 Å². The van der Waals surface area contributed by atoms with E-state index in [-0.39, 0.29) is 22.6 Å². The van der Waals surface area contributed by atoms with Crippen LogP contribution in [-0.2, 0) is 14.8 Å². The Morgan fingerprint density at radius 2 is 1.71 bits per heavy atom. The van der Waals surface area contributed by atoms with Crippen LogP contribution in [0.3, 0.4) is 0 Å². The molecule has 0 aromatic heterocycles. The van der Waals surface area contributed by atoms with Gasteiger partial charge in [-0.25, -0.2) is 8.42 Å². The van der Waals surface area contributed by atoms with Crippen molar-refractivity contribution < 1.29 is 13.2 Å². The summed E-state index contributed by atoms with van der Waals surface area (Å²) in [5.74, 6) is 0.116. The highest BCUT2D eigenvalue weighted by Crippen LogP contribution is 2.43. The monoisotopic (exact) mass is 305 g/mol. The van der Waals surface area contributed by atoms with Gasteiger partial charge in [0.15, 0.2) is 5.78 Å². The molecular weight excluding hydrogens is 286 g/mol. The topological polar surface area (TPSA) is 54.5 Å². The Morgan fingerprint density at radius 3 is 2.33 bits per heavy atom. The van der Waals surface area contributed by atoms with Crippen molar-refractivity contribution in [2.75, 3.05) is 0 Å². The first-order valence-electron chi connectivity index (χ1n) is 7.19. The van der Waals surface area contributed by atoms with Crippen LogP contribution in [0.15, 0.2) is 40.4 Å². The van der Waals surface area contributed by atoms with Crippen molar-refractivity contribution in [3.63, 3.8) is 0 Å². The Bertz CT molecular complexity index is 731. The maximum absolute atomic E-state index is 12.9. The number of sulfonamides is 1. The summed E-state index contributed by atoms with van der Waals surface area (Å²) in [6.07, 6.45) is 1.09. The zero-order valence-corrected chi connectivity index (χ0v) is 13.3. The number of aryl methyl sites for hydroxylation is 1. The molecule has 1 aliphatic carbocycles. The van der Waals surface area contributed by atoms with Crippen LogP contribution < -0.4 is 0 Å². The molecule has 21 heavy (non-hydrogen) atoms. The third-order valence-electron chi connectivity index (χ3n) is 4.37. The Labute approximate surface area is 125 Å². The van der Waals surface area contributed by atoms with E-state index < -0.39 is 10.0 Å². The number of carbonyl (C=O) groups is 1. The van der Waals surface area contributed by atoms with Crippen molar-refractivity contribution in [1.82, 2.24) is 4.31 Å². The minimum atomic E-state index is -3.66. The Balaban J connectivity index is 2.08. The van der Waals surface area contributed by atoms with Crippen LogP contribution in [0.25, 0.3) is 0 Å². The van der Waals surface area contributed by atoms with Crippen LogP contribution >= 0.6 is 0 Å². The van der Waals surface area contributed by atoms with Gasteiger partial charge < -0.3 is 0 Å². The summed E-state index contributed by atoms with van der Waals surface area (Å²) < 4.78 is 27.1. The molecule has 112 valence electrons. The lowest BCUT2D eigenvalue weighted by molar-refractivity contribution is -0.116. The fraction of sp³-hybridized carbons (Fsp3) is 0.438. The molecule has 0 spiro atoms. The van der Waals surface area contributed by atoms with Gasteiger partial charge in [0.1, 0.15) is 0 Å². The molecule has 2 aliphatic rings. The lowest BCUT2D eigenvalue weighted by Crippen LogP contribution is -2.36. The molecule has 0 bridgehead atoms. The average Bonchev–Trinajstić information content (AvgIpc) is 2.88. The normalized spacial score (nSPS) is 25.7. The first-order chi connectivity index (χ1) is 9.82. The number of ketones is 1. The van der Waals surface area contributed by atoms with Crippen LogP contribution in [0.2, 0.25) is 0 Å². The highest BCUT2D eigenvalue weighted by atomic mass is 32.2. The molecule has 0 N–H and O–H groups in total. The first kappa shape index (κ1) is 14.3. The molecule has 4 nitrogen and oxygen atoms in total. The molecule has 0 fully saturated rings. The average molecular weight is 305 g/mol. The number of rotatable bonds is 2. The zero-order valence-electron chi connectivity index (χ0n) is 12.5. The largest absolute Gasteiger partial charge is 0.292 e. The molecule has 3 rings (SSSR count). The molecule has 0 saturated carbocycles. The van der Waals surface area contributed by atoms with Gasteiger partial charge in [0.2, 0.25) is 0 Å². The van der Waals surface area contributed by atoms with Crippen molar-refractivity contribution in [1.29, 1.82) is 0 Å². The van der Waals surface area contributed by atoms with E-state index in [0.717, 1.165) is 11.1 Å². The molecule has 0 unspecified atom stereocenters. The smallest absolute Gasteiger partial charge is 0.264 e. The van der Waals surface area contributed by atoms with Gasteiger partial charge >= 0.3 is 0 Å². The molecule has 0 amide bonds. The molecule has 1 heterocycles. The number of hydrogen-bond acceptors (Lipinski definition) is 3. The van der Waals surface area contributed by atoms with Gasteiger partial charge in [-0.05, 0) is 43.9 Å². The quantitative estimate of drug-likeness (QED) is 0.844. The maximum Gasteiger partial charge on any atom is 0.264 e.